The van der Waals surface area contributed by atoms with E-state index < -0.39 is 17.4 Å². The Morgan fingerprint density at radius 2 is 2.21 bits per heavy atom. The third-order valence-corrected chi connectivity index (χ3v) is 4.69. The normalized spacial score (nSPS) is 20.2. The lowest BCUT2D eigenvalue weighted by Crippen LogP contribution is -2.49. The second kappa shape index (κ2) is 8.07. The monoisotopic (exact) mass is 409 g/mol. The van der Waals surface area contributed by atoms with E-state index in [0.29, 0.717) is 30.8 Å². The molecule has 0 aliphatic carbocycles. The van der Waals surface area contributed by atoms with Crippen molar-refractivity contribution in [2.45, 2.75) is 51.3 Å². The number of carbonyl (C=O) groups is 1. The van der Waals surface area contributed by atoms with Gasteiger partial charge < -0.3 is 14.4 Å². The van der Waals surface area contributed by atoms with Gasteiger partial charge in [-0.15, -0.1) is 0 Å². The van der Waals surface area contributed by atoms with Crippen molar-refractivity contribution in [3.8, 4) is 5.88 Å². The molecule has 28 heavy (non-hydrogen) atoms. The molecule has 3 rings (SSSR count). The molecule has 8 heteroatoms. The minimum Gasteiger partial charge on any atom is -0.477 e. The molecule has 2 aromatic rings. The molecule has 3 heterocycles. The van der Waals surface area contributed by atoms with E-state index in [1.165, 1.54) is 4.90 Å². The Labute approximate surface area is 169 Å². The molecule has 1 aliphatic rings. The molecule has 1 fully saturated rings. The number of alkyl halides is 1. The highest BCUT2D eigenvalue weighted by Crippen LogP contribution is 2.31. The topological polar surface area (TPSA) is 64.5 Å². The first-order chi connectivity index (χ1) is 13.2. The zero-order chi connectivity index (χ0) is 20.4. The number of nitrogens with zero attached hydrogens (tertiary/aromatic N) is 3. The third kappa shape index (κ3) is 5.22. The number of pyridine rings is 2. The van der Waals surface area contributed by atoms with Crippen molar-refractivity contribution in [2.75, 3.05) is 19.7 Å². The van der Waals surface area contributed by atoms with Gasteiger partial charge in [-0.05, 0) is 45.7 Å². The molecule has 0 radical (unpaired) electrons. The van der Waals surface area contributed by atoms with E-state index in [-0.39, 0.29) is 24.7 Å². The molecule has 152 valence electrons. The number of rotatable bonds is 4. The number of carbonyl (C=O) groups excluding carboxylic acids is 1. The summed E-state index contributed by atoms with van der Waals surface area (Å²) >= 11 is 6.02. The van der Waals surface area contributed by atoms with Crippen molar-refractivity contribution in [1.29, 1.82) is 0 Å². The average molecular weight is 410 g/mol. The number of ether oxygens (including phenoxy) is 2. The Kier molecular flexibility index (Phi) is 5.93. The van der Waals surface area contributed by atoms with E-state index >= 15 is 4.39 Å². The molecule has 6 nitrogen and oxygen atoms in total. The fourth-order valence-corrected chi connectivity index (χ4v) is 3.41. The van der Waals surface area contributed by atoms with Crippen LogP contribution in [0.1, 0.15) is 40.0 Å². The molecular formula is C20H25ClFN3O3. The molecule has 1 amide bonds. The summed E-state index contributed by atoms with van der Waals surface area (Å²) in [6, 6.07) is 5.26. The van der Waals surface area contributed by atoms with E-state index in [2.05, 4.69) is 9.97 Å². The zero-order valence-electron chi connectivity index (χ0n) is 16.4. The van der Waals surface area contributed by atoms with Crippen molar-refractivity contribution in [3.63, 3.8) is 0 Å². The van der Waals surface area contributed by atoms with Crippen LogP contribution in [0.25, 0.3) is 10.9 Å². The van der Waals surface area contributed by atoms with E-state index in [9.17, 15) is 4.79 Å². The molecule has 0 spiro atoms. The number of halogens is 2. The van der Waals surface area contributed by atoms with Crippen LogP contribution >= 0.6 is 11.6 Å². The third-order valence-electron chi connectivity index (χ3n) is 4.50. The predicted octanol–water partition coefficient (Wildman–Crippen LogP) is 4.79. The van der Waals surface area contributed by atoms with Crippen molar-refractivity contribution in [1.82, 2.24) is 14.9 Å². The lowest BCUT2D eigenvalue weighted by molar-refractivity contribution is -0.0109. The summed E-state index contributed by atoms with van der Waals surface area (Å²) in [4.78, 5) is 22.1. The largest absolute Gasteiger partial charge is 0.477 e. The summed E-state index contributed by atoms with van der Waals surface area (Å²) in [6.45, 7) is 5.99. The van der Waals surface area contributed by atoms with Crippen LogP contribution in [-0.4, -0.2) is 51.9 Å². The highest BCUT2D eigenvalue weighted by Gasteiger charge is 2.38. The fourth-order valence-electron chi connectivity index (χ4n) is 3.23. The molecule has 2 aromatic heterocycles. The summed E-state index contributed by atoms with van der Waals surface area (Å²) in [5, 5.41) is 0.990. The Bertz CT molecular complexity index is 858. The Morgan fingerprint density at radius 3 is 2.96 bits per heavy atom. The molecule has 0 N–H and O–H groups in total. The van der Waals surface area contributed by atoms with Crippen LogP contribution in [0, 0.1) is 0 Å². The van der Waals surface area contributed by atoms with Gasteiger partial charge >= 0.3 is 6.09 Å². The minimum atomic E-state index is -1.53. The average Bonchev–Trinajstić information content (AvgIpc) is 2.60. The zero-order valence-corrected chi connectivity index (χ0v) is 17.1. The highest BCUT2D eigenvalue weighted by molar-refractivity contribution is 6.30. The van der Waals surface area contributed by atoms with Gasteiger partial charge in [0.25, 0.3) is 0 Å². The van der Waals surface area contributed by atoms with Crippen LogP contribution in [0.3, 0.4) is 0 Å². The van der Waals surface area contributed by atoms with Crippen LogP contribution in [0.4, 0.5) is 9.18 Å². The lowest BCUT2D eigenvalue weighted by atomic mass is 9.92. The standard InChI is InChI=1S/C20H25ClFN3O3/c1-19(2,3)28-18(26)25-10-5-7-20(22,13-25)8-11-27-17-14-6-4-9-23-15(14)12-16(21)24-17/h4,6,9,12H,5,7-8,10-11,13H2,1-3H3/t20-/m1/s1. The molecular weight excluding hydrogens is 385 g/mol. The summed E-state index contributed by atoms with van der Waals surface area (Å²) in [7, 11) is 0. The number of hydrogen-bond acceptors (Lipinski definition) is 5. The van der Waals surface area contributed by atoms with Crippen LogP contribution < -0.4 is 4.74 Å². The molecule has 0 unspecified atom stereocenters. The second-order valence-electron chi connectivity index (χ2n) is 8.08. The number of likely N-dealkylation sites (tertiary alicyclic amines) is 1. The number of amides is 1. The molecule has 1 aliphatic heterocycles. The summed E-state index contributed by atoms with van der Waals surface area (Å²) in [5.41, 5.74) is -1.47. The maximum atomic E-state index is 15.3. The Morgan fingerprint density at radius 1 is 1.43 bits per heavy atom. The summed E-state index contributed by atoms with van der Waals surface area (Å²) in [5.74, 6) is 0.332. The van der Waals surface area contributed by atoms with Crippen molar-refractivity contribution in [3.05, 3.63) is 29.5 Å². The number of piperidine rings is 1. The fraction of sp³-hybridized carbons (Fsp3) is 0.550. The maximum Gasteiger partial charge on any atom is 0.410 e. The molecule has 0 bridgehead atoms. The Balaban J connectivity index is 1.62. The van der Waals surface area contributed by atoms with Gasteiger partial charge in [0.2, 0.25) is 5.88 Å². The van der Waals surface area contributed by atoms with Gasteiger partial charge in [0.1, 0.15) is 16.4 Å². The van der Waals surface area contributed by atoms with Crippen LogP contribution in [0.2, 0.25) is 5.15 Å². The molecule has 1 atom stereocenters. The van der Waals surface area contributed by atoms with Crippen molar-refractivity contribution >= 4 is 28.6 Å². The molecule has 1 saturated heterocycles. The van der Waals surface area contributed by atoms with Crippen molar-refractivity contribution in [2.24, 2.45) is 0 Å². The van der Waals surface area contributed by atoms with Crippen LogP contribution in [-0.2, 0) is 4.74 Å². The summed E-state index contributed by atoms with van der Waals surface area (Å²) in [6.07, 6.45) is 2.27. The minimum absolute atomic E-state index is 0.00342. The van der Waals surface area contributed by atoms with Gasteiger partial charge in [0.05, 0.1) is 24.1 Å². The van der Waals surface area contributed by atoms with E-state index in [1.54, 1.807) is 39.1 Å². The lowest BCUT2D eigenvalue weighted by Gasteiger charge is -2.37. The van der Waals surface area contributed by atoms with Crippen LogP contribution in [0.5, 0.6) is 5.88 Å². The first kappa shape index (κ1) is 20.6. The van der Waals surface area contributed by atoms with Gasteiger partial charge in [-0.1, -0.05) is 11.6 Å². The summed E-state index contributed by atoms with van der Waals surface area (Å²) < 4.78 is 26.4. The maximum absolute atomic E-state index is 15.3. The number of hydrogen-bond donors (Lipinski definition) is 0. The van der Waals surface area contributed by atoms with E-state index in [1.807, 2.05) is 6.07 Å². The first-order valence-electron chi connectivity index (χ1n) is 9.36. The predicted molar refractivity (Wildman–Crippen MR) is 106 cm³/mol. The van der Waals surface area contributed by atoms with Gasteiger partial charge in [0.15, 0.2) is 0 Å². The van der Waals surface area contributed by atoms with E-state index in [0.717, 1.165) is 5.39 Å². The smallest absolute Gasteiger partial charge is 0.410 e. The molecule has 0 aromatic carbocycles. The highest BCUT2D eigenvalue weighted by atomic mass is 35.5. The van der Waals surface area contributed by atoms with Crippen molar-refractivity contribution < 1.29 is 18.7 Å². The van der Waals surface area contributed by atoms with E-state index in [4.69, 9.17) is 21.1 Å². The number of aromatic nitrogens is 2. The number of fused-ring (bicyclic) bond motifs is 1. The van der Waals surface area contributed by atoms with Gasteiger partial charge in [-0.25, -0.2) is 14.2 Å². The van der Waals surface area contributed by atoms with Gasteiger partial charge in [0, 0.05) is 25.2 Å². The SMILES string of the molecule is CC(C)(C)OC(=O)N1CCC[C@@](F)(CCOc2nc(Cl)cc3ncccc23)C1. The van der Waals surface area contributed by atoms with Gasteiger partial charge in [-0.2, -0.15) is 0 Å². The quantitative estimate of drug-likeness (QED) is 0.679. The first-order valence-corrected chi connectivity index (χ1v) is 9.74. The molecule has 0 saturated carbocycles. The Hall–Kier alpha value is -2.15. The van der Waals surface area contributed by atoms with Gasteiger partial charge in [-0.3, -0.25) is 4.98 Å². The second-order valence-corrected chi connectivity index (χ2v) is 8.46. The van der Waals surface area contributed by atoms with Crippen LogP contribution in [0.15, 0.2) is 24.4 Å².